The van der Waals surface area contributed by atoms with E-state index < -0.39 is 0 Å². The van der Waals surface area contributed by atoms with Crippen LogP contribution in [0, 0.1) is 5.92 Å². The van der Waals surface area contributed by atoms with Crippen LogP contribution in [-0.4, -0.2) is 14.5 Å². The van der Waals surface area contributed by atoms with Crippen molar-refractivity contribution in [1.82, 2.24) is 9.38 Å². The summed E-state index contributed by atoms with van der Waals surface area (Å²) in [4.78, 5) is 6.71. The number of aromatic nitrogens is 2. The molecule has 1 unspecified atom stereocenters. The molecule has 20 heavy (non-hydrogen) atoms. The molecule has 1 N–H and O–H groups in total. The van der Waals surface area contributed by atoms with Crippen molar-refractivity contribution in [3.8, 4) is 0 Å². The number of thiazole rings is 1. The predicted octanol–water partition coefficient (Wildman–Crippen LogP) is 4.35. The molecule has 4 heteroatoms. The highest BCUT2D eigenvalue weighted by molar-refractivity contribution is 7.17. The van der Waals surface area contributed by atoms with Crippen LogP contribution in [0.15, 0.2) is 12.5 Å². The minimum atomic E-state index is -0.331. The monoisotopic (exact) mass is 292 g/mol. The Morgan fingerprint density at radius 2 is 2.20 bits per heavy atom. The van der Waals surface area contributed by atoms with Gasteiger partial charge < -0.3 is 5.11 Å². The third kappa shape index (κ3) is 2.77. The van der Waals surface area contributed by atoms with Crippen molar-refractivity contribution in [2.24, 2.45) is 5.92 Å². The molecule has 0 bridgehead atoms. The third-order valence-electron chi connectivity index (χ3n) is 4.45. The van der Waals surface area contributed by atoms with E-state index in [2.05, 4.69) is 16.3 Å². The van der Waals surface area contributed by atoms with Gasteiger partial charge in [0.2, 0.25) is 0 Å². The van der Waals surface area contributed by atoms with Gasteiger partial charge in [-0.2, -0.15) is 0 Å². The van der Waals surface area contributed by atoms with E-state index in [9.17, 15) is 5.11 Å². The quantitative estimate of drug-likeness (QED) is 0.889. The number of hydrogen-bond donors (Lipinski definition) is 1. The maximum Gasteiger partial charge on any atom is 0.120 e. The van der Waals surface area contributed by atoms with Gasteiger partial charge in [0.15, 0.2) is 0 Å². The zero-order valence-corrected chi connectivity index (χ0v) is 13.0. The highest BCUT2D eigenvalue weighted by Crippen LogP contribution is 2.36. The van der Waals surface area contributed by atoms with E-state index in [1.165, 1.54) is 37.0 Å². The zero-order chi connectivity index (χ0) is 13.9. The molecule has 0 aromatic carbocycles. The second-order valence-corrected chi connectivity index (χ2v) is 7.13. The minimum Gasteiger partial charge on any atom is -0.387 e. The van der Waals surface area contributed by atoms with Gasteiger partial charge in [0.05, 0.1) is 18.0 Å². The number of fused-ring (bicyclic) bond motifs is 1. The fraction of sp³-hybridized carbons (Fsp3) is 0.688. The summed E-state index contributed by atoms with van der Waals surface area (Å²) < 4.78 is 2.10. The summed E-state index contributed by atoms with van der Waals surface area (Å²) in [5, 5.41) is 10.7. The van der Waals surface area contributed by atoms with Gasteiger partial charge in [-0.15, -0.1) is 11.3 Å². The topological polar surface area (TPSA) is 37.5 Å². The van der Waals surface area contributed by atoms with Gasteiger partial charge in [0.1, 0.15) is 11.2 Å². The molecular weight excluding hydrogens is 268 g/mol. The Kier molecular flexibility index (Phi) is 4.41. The van der Waals surface area contributed by atoms with Crippen molar-refractivity contribution in [1.29, 1.82) is 0 Å². The average molecular weight is 292 g/mol. The Morgan fingerprint density at radius 3 is 2.95 bits per heavy atom. The molecule has 1 atom stereocenters. The maximum atomic E-state index is 10.7. The van der Waals surface area contributed by atoms with E-state index in [1.807, 2.05) is 12.5 Å². The van der Waals surface area contributed by atoms with Crippen LogP contribution in [0.2, 0.25) is 0 Å². The van der Waals surface area contributed by atoms with Crippen LogP contribution in [0.3, 0.4) is 0 Å². The predicted molar refractivity (Wildman–Crippen MR) is 83.2 cm³/mol. The number of rotatable bonds is 5. The lowest BCUT2D eigenvalue weighted by atomic mass is 9.85. The number of aryl methyl sites for hydroxylation is 1. The molecule has 1 aliphatic rings. The van der Waals surface area contributed by atoms with Gasteiger partial charge in [-0.3, -0.25) is 4.40 Å². The molecule has 0 amide bonds. The van der Waals surface area contributed by atoms with Crippen LogP contribution >= 0.6 is 11.3 Å². The smallest absolute Gasteiger partial charge is 0.120 e. The Hall–Kier alpha value is -0.870. The minimum absolute atomic E-state index is 0.331. The molecule has 3 nitrogen and oxygen atoms in total. The summed E-state index contributed by atoms with van der Waals surface area (Å²) >= 11 is 1.79. The first-order chi connectivity index (χ1) is 9.79. The number of nitrogens with zero attached hydrogens (tertiary/aromatic N) is 2. The van der Waals surface area contributed by atoms with Crippen molar-refractivity contribution < 1.29 is 5.11 Å². The molecule has 2 aromatic rings. The average Bonchev–Trinajstić information content (AvgIpc) is 3.00. The number of hydrogen-bond acceptors (Lipinski definition) is 3. The van der Waals surface area contributed by atoms with Crippen molar-refractivity contribution in [2.75, 3.05) is 0 Å². The van der Waals surface area contributed by atoms with Crippen molar-refractivity contribution in [3.63, 3.8) is 0 Å². The van der Waals surface area contributed by atoms with Crippen LogP contribution in [0.1, 0.15) is 68.5 Å². The first-order valence-electron chi connectivity index (χ1n) is 7.91. The SMILES string of the molecule is CCCc1sc2cncn2c1C(O)CC1CCCCC1. The number of imidazole rings is 1. The molecule has 3 rings (SSSR count). The van der Waals surface area contributed by atoms with E-state index in [-0.39, 0.29) is 6.10 Å². The lowest BCUT2D eigenvalue weighted by molar-refractivity contribution is 0.126. The summed E-state index contributed by atoms with van der Waals surface area (Å²) in [6.07, 6.45) is 13.1. The van der Waals surface area contributed by atoms with Crippen LogP contribution in [-0.2, 0) is 6.42 Å². The van der Waals surface area contributed by atoms with Gasteiger partial charge in [-0.1, -0.05) is 45.4 Å². The van der Waals surface area contributed by atoms with Crippen molar-refractivity contribution in [3.05, 3.63) is 23.1 Å². The molecule has 0 spiro atoms. The van der Waals surface area contributed by atoms with Crippen LogP contribution in [0.4, 0.5) is 0 Å². The standard InChI is InChI=1S/C16H24N2OS/c1-2-6-14-16(18-11-17-10-15(18)20-14)13(19)9-12-7-4-3-5-8-12/h10-13,19H,2-9H2,1H3. The third-order valence-corrected chi connectivity index (χ3v) is 5.62. The Morgan fingerprint density at radius 1 is 1.40 bits per heavy atom. The molecule has 1 aliphatic carbocycles. The number of aliphatic hydroxyl groups is 1. The lowest BCUT2D eigenvalue weighted by Gasteiger charge is -2.24. The maximum absolute atomic E-state index is 10.7. The first kappa shape index (κ1) is 14.1. The van der Waals surface area contributed by atoms with E-state index in [0.717, 1.165) is 29.8 Å². The Bertz CT molecular complexity index is 554. The summed E-state index contributed by atoms with van der Waals surface area (Å²) in [5.74, 6) is 0.701. The summed E-state index contributed by atoms with van der Waals surface area (Å²) in [5.41, 5.74) is 1.11. The molecule has 1 fully saturated rings. The second kappa shape index (κ2) is 6.27. The Labute approximate surface area is 124 Å². The Balaban J connectivity index is 1.82. The van der Waals surface area contributed by atoms with E-state index in [0.29, 0.717) is 5.92 Å². The van der Waals surface area contributed by atoms with Gasteiger partial charge in [-0.25, -0.2) is 4.98 Å². The molecule has 0 saturated heterocycles. The van der Waals surface area contributed by atoms with E-state index in [1.54, 1.807) is 11.3 Å². The van der Waals surface area contributed by atoms with Crippen molar-refractivity contribution in [2.45, 2.75) is 64.4 Å². The van der Waals surface area contributed by atoms with Gasteiger partial charge in [0, 0.05) is 4.88 Å². The molecule has 1 saturated carbocycles. The van der Waals surface area contributed by atoms with Crippen molar-refractivity contribution >= 4 is 16.2 Å². The van der Waals surface area contributed by atoms with Crippen LogP contribution in [0.5, 0.6) is 0 Å². The molecular formula is C16H24N2OS. The van der Waals surface area contributed by atoms with Crippen LogP contribution in [0.25, 0.3) is 4.83 Å². The zero-order valence-electron chi connectivity index (χ0n) is 12.2. The molecule has 2 heterocycles. The largest absolute Gasteiger partial charge is 0.387 e. The molecule has 0 radical (unpaired) electrons. The molecule has 2 aromatic heterocycles. The van der Waals surface area contributed by atoms with Gasteiger partial charge >= 0.3 is 0 Å². The normalized spacial score (nSPS) is 18.7. The lowest BCUT2D eigenvalue weighted by Crippen LogP contribution is -2.13. The van der Waals surface area contributed by atoms with E-state index in [4.69, 9.17) is 0 Å². The fourth-order valence-electron chi connectivity index (χ4n) is 3.45. The second-order valence-electron chi connectivity index (χ2n) is 6.02. The summed E-state index contributed by atoms with van der Waals surface area (Å²) in [6, 6.07) is 0. The van der Waals surface area contributed by atoms with Crippen LogP contribution < -0.4 is 0 Å². The molecule has 0 aliphatic heterocycles. The number of aliphatic hydroxyl groups excluding tert-OH is 1. The van der Waals surface area contributed by atoms with E-state index >= 15 is 0 Å². The van der Waals surface area contributed by atoms with Gasteiger partial charge in [-0.05, 0) is 18.8 Å². The summed E-state index contributed by atoms with van der Waals surface area (Å²) in [6.45, 7) is 2.20. The molecule has 110 valence electrons. The highest BCUT2D eigenvalue weighted by Gasteiger charge is 2.23. The summed E-state index contributed by atoms with van der Waals surface area (Å²) in [7, 11) is 0. The fourth-order valence-corrected chi connectivity index (χ4v) is 4.71. The highest BCUT2D eigenvalue weighted by atomic mass is 32.1. The van der Waals surface area contributed by atoms with Gasteiger partial charge in [0.25, 0.3) is 0 Å². The first-order valence-corrected chi connectivity index (χ1v) is 8.73.